The molecule has 0 atom stereocenters. The number of aryl methyl sites for hydroxylation is 2. The summed E-state index contributed by atoms with van der Waals surface area (Å²) in [5.74, 6) is -2.03. The number of nitriles is 1. The molecule has 0 unspecified atom stereocenters. The van der Waals surface area contributed by atoms with Gasteiger partial charge in [0.05, 0.1) is 0 Å². The quantitative estimate of drug-likeness (QED) is 0.684. The second-order valence-corrected chi connectivity index (χ2v) is 5.06. The molecule has 0 aliphatic rings. The van der Waals surface area contributed by atoms with Crippen LogP contribution in [0.15, 0.2) is 42.0 Å². The molecule has 0 radical (unpaired) electrons. The van der Waals surface area contributed by atoms with Crippen LogP contribution in [-0.2, 0) is 4.79 Å². The average molecular weight is 312 g/mol. The van der Waals surface area contributed by atoms with Gasteiger partial charge in [0.25, 0.3) is 5.91 Å². The Hall–Kier alpha value is -3.00. The third-order valence-electron chi connectivity index (χ3n) is 3.34. The number of para-hydroxylation sites is 1. The summed E-state index contributed by atoms with van der Waals surface area (Å²) in [7, 11) is 0. The minimum absolute atomic E-state index is 0.154. The maximum Gasteiger partial charge on any atom is 0.266 e. The van der Waals surface area contributed by atoms with Crippen LogP contribution in [0.2, 0.25) is 0 Å². The second-order valence-electron chi connectivity index (χ2n) is 5.06. The van der Waals surface area contributed by atoms with Gasteiger partial charge in [-0.2, -0.15) is 5.26 Å². The van der Waals surface area contributed by atoms with E-state index in [-0.39, 0.29) is 11.1 Å². The molecule has 0 fully saturated rings. The molecule has 0 spiro atoms. The fraction of sp³-hybridized carbons (Fsp3) is 0.111. The maximum absolute atomic E-state index is 13.6. The monoisotopic (exact) mass is 312 g/mol. The fourth-order valence-electron chi connectivity index (χ4n) is 2.12. The van der Waals surface area contributed by atoms with Crippen molar-refractivity contribution in [3.63, 3.8) is 0 Å². The summed E-state index contributed by atoms with van der Waals surface area (Å²) < 4.78 is 26.8. The summed E-state index contributed by atoms with van der Waals surface area (Å²) >= 11 is 0. The predicted octanol–water partition coefficient (Wildman–Crippen LogP) is 4.13. The van der Waals surface area contributed by atoms with E-state index in [1.807, 2.05) is 32.0 Å². The first-order chi connectivity index (χ1) is 10.9. The number of nitrogens with zero attached hydrogens (tertiary/aromatic N) is 1. The van der Waals surface area contributed by atoms with Gasteiger partial charge in [0.2, 0.25) is 0 Å². The van der Waals surface area contributed by atoms with E-state index in [1.54, 1.807) is 6.07 Å². The fourth-order valence-corrected chi connectivity index (χ4v) is 2.12. The van der Waals surface area contributed by atoms with Gasteiger partial charge in [-0.3, -0.25) is 4.79 Å². The Morgan fingerprint density at radius 1 is 1.17 bits per heavy atom. The van der Waals surface area contributed by atoms with Gasteiger partial charge in [-0.15, -0.1) is 0 Å². The highest BCUT2D eigenvalue weighted by Crippen LogP contribution is 2.21. The summed E-state index contributed by atoms with van der Waals surface area (Å²) in [4.78, 5) is 12.2. The molecule has 0 aliphatic carbocycles. The van der Waals surface area contributed by atoms with Crippen LogP contribution in [0, 0.1) is 36.8 Å². The van der Waals surface area contributed by atoms with Crippen LogP contribution in [0.1, 0.15) is 16.7 Å². The molecule has 23 heavy (non-hydrogen) atoms. The molecule has 2 rings (SSSR count). The highest BCUT2D eigenvalue weighted by molar-refractivity contribution is 6.10. The standard InChI is InChI=1S/C18H14F2N2O/c1-11-4-3-5-12(2)17(11)22-18(23)14(10-21)8-13-9-15(19)6-7-16(13)20/h3-9H,1-2H3,(H,22,23)/b14-8+. The minimum Gasteiger partial charge on any atom is -0.321 e. The van der Waals surface area contributed by atoms with E-state index in [0.717, 1.165) is 35.4 Å². The number of carbonyl (C=O) groups is 1. The first kappa shape index (κ1) is 16.4. The van der Waals surface area contributed by atoms with Crippen LogP contribution in [0.5, 0.6) is 0 Å². The zero-order valence-electron chi connectivity index (χ0n) is 12.7. The van der Waals surface area contributed by atoms with E-state index in [0.29, 0.717) is 5.69 Å². The van der Waals surface area contributed by atoms with E-state index >= 15 is 0 Å². The molecular weight excluding hydrogens is 298 g/mol. The lowest BCUT2D eigenvalue weighted by molar-refractivity contribution is -0.112. The smallest absolute Gasteiger partial charge is 0.266 e. The van der Waals surface area contributed by atoms with Gasteiger partial charge in [0.15, 0.2) is 0 Å². The maximum atomic E-state index is 13.6. The van der Waals surface area contributed by atoms with E-state index < -0.39 is 17.5 Å². The van der Waals surface area contributed by atoms with Crippen LogP contribution in [0.4, 0.5) is 14.5 Å². The van der Waals surface area contributed by atoms with E-state index in [2.05, 4.69) is 5.32 Å². The van der Waals surface area contributed by atoms with Crippen LogP contribution < -0.4 is 5.32 Å². The Morgan fingerprint density at radius 3 is 2.43 bits per heavy atom. The van der Waals surface area contributed by atoms with Crippen molar-refractivity contribution in [3.8, 4) is 6.07 Å². The van der Waals surface area contributed by atoms with Crippen LogP contribution in [-0.4, -0.2) is 5.91 Å². The Balaban J connectivity index is 2.34. The lowest BCUT2D eigenvalue weighted by Crippen LogP contribution is -2.15. The van der Waals surface area contributed by atoms with Crippen molar-refractivity contribution in [2.24, 2.45) is 0 Å². The number of amides is 1. The topological polar surface area (TPSA) is 52.9 Å². The van der Waals surface area contributed by atoms with Crippen LogP contribution in [0.25, 0.3) is 6.08 Å². The molecule has 116 valence electrons. The third-order valence-corrected chi connectivity index (χ3v) is 3.34. The number of nitrogens with one attached hydrogen (secondary N) is 1. The van der Waals surface area contributed by atoms with Gasteiger partial charge in [0.1, 0.15) is 23.3 Å². The summed E-state index contributed by atoms with van der Waals surface area (Å²) in [6, 6.07) is 10.1. The van der Waals surface area contributed by atoms with E-state index in [4.69, 9.17) is 5.26 Å². The van der Waals surface area contributed by atoms with Gasteiger partial charge in [-0.1, -0.05) is 18.2 Å². The normalized spacial score (nSPS) is 11.0. The molecule has 0 heterocycles. The van der Waals surface area contributed by atoms with Gasteiger partial charge in [-0.25, -0.2) is 8.78 Å². The molecule has 0 saturated carbocycles. The first-order valence-corrected chi connectivity index (χ1v) is 6.87. The number of hydrogen-bond donors (Lipinski definition) is 1. The summed E-state index contributed by atoms with van der Waals surface area (Å²) in [5, 5.41) is 11.8. The number of rotatable bonds is 3. The van der Waals surface area contributed by atoms with Crippen molar-refractivity contribution in [3.05, 3.63) is 70.3 Å². The number of anilines is 1. The van der Waals surface area contributed by atoms with Crippen molar-refractivity contribution < 1.29 is 13.6 Å². The molecule has 2 aromatic carbocycles. The number of benzene rings is 2. The third kappa shape index (κ3) is 3.80. The Kier molecular flexibility index (Phi) is 4.87. The predicted molar refractivity (Wildman–Crippen MR) is 84.5 cm³/mol. The number of carbonyl (C=O) groups excluding carboxylic acids is 1. The molecule has 0 aromatic heterocycles. The zero-order chi connectivity index (χ0) is 17.0. The van der Waals surface area contributed by atoms with Gasteiger partial charge in [0, 0.05) is 11.3 Å². The lowest BCUT2D eigenvalue weighted by atomic mass is 10.1. The van der Waals surface area contributed by atoms with Crippen LogP contribution in [0.3, 0.4) is 0 Å². The highest BCUT2D eigenvalue weighted by Gasteiger charge is 2.13. The summed E-state index contributed by atoms with van der Waals surface area (Å²) in [6.45, 7) is 3.65. The Bertz CT molecular complexity index is 815. The van der Waals surface area contributed by atoms with Gasteiger partial charge < -0.3 is 5.32 Å². The molecule has 3 nitrogen and oxygen atoms in total. The Labute approximate surface area is 132 Å². The van der Waals surface area contributed by atoms with Crippen molar-refractivity contribution in [1.29, 1.82) is 5.26 Å². The molecule has 5 heteroatoms. The van der Waals surface area contributed by atoms with Crippen molar-refractivity contribution in [1.82, 2.24) is 0 Å². The molecule has 0 aliphatic heterocycles. The molecule has 1 amide bonds. The summed E-state index contributed by atoms with van der Waals surface area (Å²) in [6.07, 6.45) is 1.03. The molecule has 2 aromatic rings. The molecular formula is C18H14F2N2O. The average Bonchev–Trinajstić information content (AvgIpc) is 2.51. The number of halogens is 2. The summed E-state index contributed by atoms with van der Waals surface area (Å²) in [5.41, 5.74) is 1.81. The molecule has 0 bridgehead atoms. The lowest BCUT2D eigenvalue weighted by Gasteiger charge is -2.11. The van der Waals surface area contributed by atoms with E-state index in [9.17, 15) is 13.6 Å². The second kappa shape index (κ2) is 6.84. The molecule has 1 N–H and O–H groups in total. The largest absolute Gasteiger partial charge is 0.321 e. The van der Waals surface area contributed by atoms with Crippen LogP contribution >= 0.6 is 0 Å². The molecule has 0 saturated heterocycles. The van der Waals surface area contributed by atoms with Crippen molar-refractivity contribution in [2.75, 3.05) is 5.32 Å². The minimum atomic E-state index is -0.709. The highest BCUT2D eigenvalue weighted by atomic mass is 19.1. The SMILES string of the molecule is Cc1cccc(C)c1NC(=O)/C(C#N)=C/c1cc(F)ccc1F. The number of hydrogen-bond acceptors (Lipinski definition) is 2. The zero-order valence-corrected chi connectivity index (χ0v) is 12.7. The van der Waals surface area contributed by atoms with Gasteiger partial charge >= 0.3 is 0 Å². The van der Waals surface area contributed by atoms with E-state index in [1.165, 1.54) is 0 Å². The van der Waals surface area contributed by atoms with Gasteiger partial charge in [-0.05, 0) is 49.2 Å². The Morgan fingerprint density at radius 2 is 1.83 bits per heavy atom. The van der Waals surface area contributed by atoms with Crippen molar-refractivity contribution in [2.45, 2.75) is 13.8 Å². The van der Waals surface area contributed by atoms with Crippen molar-refractivity contribution >= 4 is 17.7 Å². The first-order valence-electron chi connectivity index (χ1n) is 6.87.